The van der Waals surface area contributed by atoms with Crippen LogP contribution in [-0.4, -0.2) is 34.9 Å². The van der Waals surface area contributed by atoms with Gasteiger partial charge in [-0.15, -0.1) is 11.8 Å². The van der Waals surface area contributed by atoms with Gasteiger partial charge in [0.25, 0.3) is 0 Å². The maximum absolute atomic E-state index is 5.72. The molecule has 4 nitrogen and oxygen atoms in total. The van der Waals surface area contributed by atoms with Crippen molar-refractivity contribution in [1.29, 1.82) is 0 Å². The highest BCUT2D eigenvalue weighted by Crippen LogP contribution is 2.32. The van der Waals surface area contributed by atoms with Gasteiger partial charge in [0.1, 0.15) is 11.6 Å². The molecule has 0 bridgehead atoms. The van der Waals surface area contributed by atoms with Crippen LogP contribution in [0.3, 0.4) is 0 Å². The van der Waals surface area contributed by atoms with Crippen LogP contribution >= 0.6 is 11.8 Å². The summed E-state index contributed by atoms with van der Waals surface area (Å²) in [5.41, 5.74) is 6.76. The third-order valence-corrected chi connectivity index (χ3v) is 4.72. The molecule has 5 heteroatoms. The second-order valence-corrected chi connectivity index (χ2v) is 7.60. The Morgan fingerprint density at radius 1 is 1.33 bits per heavy atom. The highest BCUT2D eigenvalue weighted by molar-refractivity contribution is 7.99. The molecule has 2 heterocycles. The average Bonchev–Trinajstić information content (AvgIpc) is 2.36. The molecule has 0 aliphatic carbocycles. The van der Waals surface area contributed by atoms with Crippen LogP contribution in [0.25, 0.3) is 10.9 Å². The second-order valence-electron chi connectivity index (χ2n) is 5.95. The summed E-state index contributed by atoms with van der Waals surface area (Å²) < 4.78 is 0. The predicted molar refractivity (Wildman–Crippen MR) is 90.0 cm³/mol. The maximum atomic E-state index is 5.72. The van der Waals surface area contributed by atoms with Crippen molar-refractivity contribution in [3.8, 4) is 0 Å². The number of rotatable bonds is 4. The molecule has 0 amide bonds. The van der Waals surface area contributed by atoms with E-state index in [9.17, 15) is 0 Å². The number of anilines is 1. The Hall–Kier alpha value is -1.33. The molecular formula is C16H22N4S. The zero-order valence-electron chi connectivity index (χ0n) is 12.8. The van der Waals surface area contributed by atoms with Gasteiger partial charge in [0.15, 0.2) is 0 Å². The van der Waals surface area contributed by atoms with Gasteiger partial charge >= 0.3 is 0 Å². The molecule has 1 aromatic heterocycles. The summed E-state index contributed by atoms with van der Waals surface area (Å²) in [7, 11) is 0. The monoisotopic (exact) mass is 302 g/mol. The fourth-order valence-electron chi connectivity index (χ4n) is 2.68. The minimum Gasteiger partial charge on any atom is -0.355 e. The van der Waals surface area contributed by atoms with Crippen LogP contribution in [0.2, 0.25) is 0 Å². The summed E-state index contributed by atoms with van der Waals surface area (Å²) in [6.07, 6.45) is 0. The first-order valence-electron chi connectivity index (χ1n) is 7.47. The number of hydrogen-bond donors (Lipinski definition) is 1. The molecule has 0 radical (unpaired) electrons. The first-order valence-corrected chi connectivity index (χ1v) is 8.35. The molecule has 2 aromatic rings. The third kappa shape index (κ3) is 2.99. The Labute approximate surface area is 130 Å². The summed E-state index contributed by atoms with van der Waals surface area (Å²) in [6.45, 7) is 9.14. The quantitative estimate of drug-likeness (QED) is 0.880. The fourth-order valence-corrected chi connectivity index (χ4v) is 3.55. The van der Waals surface area contributed by atoms with Crippen LogP contribution in [0.1, 0.15) is 19.7 Å². The number of aryl methyl sites for hydroxylation is 1. The van der Waals surface area contributed by atoms with E-state index in [0.717, 1.165) is 42.2 Å². The lowest BCUT2D eigenvalue weighted by Gasteiger charge is -2.40. The molecule has 2 N–H and O–H groups in total. The number of aromatic nitrogens is 2. The zero-order chi connectivity index (χ0) is 15.0. The van der Waals surface area contributed by atoms with Gasteiger partial charge < -0.3 is 10.6 Å². The van der Waals surface area contributed by atoms with E-state index >= 15 is 0 Å². The Kier molecular flexibility index (Phi) is 4.04. The molecule has 1 aliphatic rings. The lowest BCUT2D eigenvalue weighted by molar-refractivity contribution is 0.418. The average molecular weight is 302 g/mol. The number of hydrogen-bond acceptors (Lipinski definition) is 5. The van der Waals surface area contributed by atoms with Crippen molar-refractivity contribution in [3.05, 3.63) is 24.0 Å². The molecule has 0 saturated carbocycles. The van der Waals surface area contributed by atoms with Crippen LogP contribution in [0.15, 0.2) is 23.1 Å². The van der Waals surface area contributed by atoms with Gasteiger partial charge in [-0.1, -0.05) is 13.8 Å². The summed E-state index contributed by atoms with van der Waals surface area (Å²) in [4.78, 5) is 12.8. The maximum Gasteiger partial charge on any atom is 0.140 e. The summed E-state index contributed by atoms with van der Waals surface area (Å²) in [5.74, 6) is 2.50. The van der Waals surface area contributed by atoms with Crippen molar-refractivity contribution in [1.82, 2.24) is 9.97 Å². The van der Waals surface area contributed by atoms with Gasteiger partial charge in [-0.25, -0.2) is 9.97 Å². The van der Waals surface area contributed by atoms with E-state index in [1.807, 2.05) is 18.7 Å². The van der Waals surface area contributed by atoms with Crippen molar-refractivity contribution in [3.63, 3.8) is 0 Å². The minimum atomic E-state index is 0.575. The van der Waals surface area contributed by atoms with E-state index < -0.39 is 0 Å². The van der Waals surface area contributed by atoms with Gasteiger partial charge in [-0.2, -0.15) is 0 Å². The van der Waals surface area contributed by atoms with E-state index in [4.69, 9.17) is 5.73 Å². The van der Waals surface area contributed by atoms with Crippen molar-refractivity contribution >= 4 is 28.5 Å². The van der Waals surface area contributed by atoms with Gasteiger partial charge in [-0.05, 0) is 31.7 Å². The summed E-state index contributed by atoms with van der Waals surface area (Å²) in [5, 5.41) is 1.72. The van der Waals surface area contributed by atoms with Crippen molar-refractivity contribution in [2.75, 3.05) is 24.5 Å². The zero-order valence-corrected chi connectivity index (χ0v) is 13.7. The number of fused-ring (bicyclic) bond motifs is 1. The van der Waals surface area contributed by atoms with E-state index in [1.54, 1.807) is 0 Å². The SMILES string of the molecule is Cc1nc(N2CC(CN)C2)c2ccc(SC(C)C)cc2n1. The smallest absolute Gasteiger partial charge is 0.140 e. The normalized spacial score (nSPS) is 15.8. The molecule has 112 valence electrons. The van der Waals surface area contributed by atoms with Gasteiger partial charge in [0.2, 0.25) is 0 Å². The van der Waals surface area contributed by atoms with Crippen LogP contribution in [-0.2, 0) is 0 Å². The molecule has 0 atom stereocenters. The van der Waals surface area contributed by atoms with Crippen molar-refractivity contribution in [2.24, 2.45) is 11.7 Å². The van der Waals surface area contributed by atoms with E-state index in [2.05, 4.69) is 46.9 Å². The highest BCUT2D eigenvalue weighted by Gasteiger charge is 2.28. The predicted octanol–water partition coefficient (Wildman–Crippen LogP) is 2.83. The first kappa shape index (κ1) is 14.6. The van der Waals surface area contributed by atoms with Crippen LogP contribution in [0.4, 0.5) is 5.82 Å². The van der Waals surface area contributed by atoms with Gasteiger partial charge in [0, 0.05) is 34.5 Å². The second kappa shape index (κ2) is 5.81. The summed E-state index contributed by atoms with van der Waals surface area (Å²) in [6, 6.07) is 6.51. The lowest BCUT2D eigenvalue weighted by Crippen LogP contribution is -2.50. The molecular weight excluding hydrogens is 280 g/mol. The Morgan fingerprint density at radius 3 is 2.76 bits per heavy atom. The van der Waals surface area contributed by atoms with Crippen molar-refractivity contribution in [2.45, 2.75) is 30.9 Å². The number of benzene rings is 1. The largest absolute Gasteiger partial charge is 0.355 e. The van der Waals surface area contributed by atoms with Crippen molar-refractivity contribution < 1.29 is 0 Å². The number of nitrogens with two attached hydrogens (primary N) is 1. The molecule has 0 unspecified atom stereocenters. The Bertz CT molecular complexity index is 650. The molecule has 21 heavy (non-hydrogen) atoms. The lowest BCUT2D eigenvalue weighted by atomic mass is 10.00. The van der Waals surface area contributed by atoms with Gasteiger partial charge in [-0.3, -0.25) is 0 Å². The minimum absolute atomic E-state index is 0.575. The van der Waals surface area contributed by atoms with E-state index in [0.29, 0.717) is 11.2 Å². The molecule has 1 saturated heterocycles. The number of nitrogens with zero attached hydrogens (tertiary/aromatic N) is 3. The first-order chi connectivity index (χ1) is 10.1. The number of thioether (sulfide) groups is 1. The summed E-state index contributed by atoms with van der Waals surface area (Å²) >= 11 is 1.87. The Morgan fingerprint density at radius 2 is 2.10 bits per heavy atom. The fraction of sp³-hybridized carbons (Fsp3) is 0.500. The standard InChI is InChI=1S/C16H22N4S/c1-10(2)21-13-4-5-14-15(6-13)18-11(3)19-16(14)20-8-12(7-17)9-20/h4-6,10,12H,7-9,17H2,1-3H3. The molecule has 1 aromatic carbocycles. The topological polar surface area (TPSA) is 55.0 Å². The highest BCUT2D eigenvalue weighted by atomic mass is 32.2. The van der Waals surface area contributed by atoms with Crippen LogP contribution < -0.4 is 10.6 Å². The third-order valence-electron chi connectivity index (χ3n) is 3.72. The van der Waals surface area contributed by atoms with Gasteiger partial charge in [0.05, 0.1) is 5.52 Å². The molecule has 1 fully saturated rings. The molecule has 0 spiro atoms. The Balaban J connectivity index is 1.97. The molecule has 1 aliphatic heterocycles. The van der Waals surface area contributed by atoms with Crippen LogP contribution in [0.5, 0.6) is 0 Å². The van der Waals surface area contributed by atoms with Crippen LogP contribution in [0, 0.1) is 12.8 Å². The van der Waals surface area contributed by atoms with E-state index in [1.165, 1.54) is 4.90 Å². The van der Waals surface area contributed by atoms with E-state index in [-0.39, 0.29) is 0 Å². The molecule has 3 rings (SSSR count).